The number of rotatable bonds is 1. The van der Waals surface area contributed by atoms with E-state index in [4.69, 9.17) is 11.0 Å². The van der Waals surface area contributed by atoms with E-state index in [0.29, 0.717) is 5.70 Å². The van der Waals surface area contributed by atoms with E-state index in [1.807, 2.05) is 13.0 Å². The summed E-state index contributed by atoms with van der Waals surface area (Å²) in [5, 5.41) is 14.8. The Labute approximate surface area is 64.3 Å². The smallest absolute Gasteiger partial charge is 0.0933 e. The molecule has 0 saturated heterocycles. The molecule has 0 aliphatic rings. The highest BCUT2D eigenvalue weighted by Crippen LogP contribution is 2.09. The molecule has 56 valence electrons. The summed E-state index contributed by atoms with van der Waals surface area (Å²) in [6.45, 7) is 1.82. The average Bonchev–Trinajstić information content (AvgIpc) is 2.36. The minimum atomic E-state index is 0.443. The minimum Gasteiger partial charge on any atom is -0.398 e. The SMILES string of the molecule is Cc1n[nH]cc1C(N)=CC#N. The lowest BCUT2D eigenvalue weighted by Crippen LogP contribution is -1.95. The van der Waals surface area contributed by atoms with Crippen LogP contribution in [0.4, 0.5) is 0 Å². The summed E-state index contributed by atoms with van der Waals surface area (Å²) in [5.74, 6) is 0. The molecule has 0 amide bonds. The molecule has 4 nitrogen and oxygen atoms in total. The monoisotopic (exact) mass is 148 g/mol. The third kappa shape index (κ3) is 1.38. The summed E-state index contributed by atoms with van der Waals surface area (Å²) in [5.41, 5.74) is 7.56. The van der Waals surface area contributed by atoms with Crippen molar-refractivity contribution in [1.29, 1.82) is 5.26 Å². The molecule has 1 aromatic rings. The van der Waals surface area contributed by atoms with Crippen molar-refractivity contribution >= 4 is 5.70 Å². The van der Waals surface area contributed by atoms with Crippen LogP contribution < -0.4 is 5.73 Å². The van der Waals surface area contributed by atoms with Crippen molar-refractivity contribution in [2.45, 2.75) is 6.92 Å². The maximum atomic E-state index is 8.29. The molecule has 4 heteroatoms. The lowest BCUT2D eigenvalue weighted by molar-refractivity contribution is 1.05. The second-order valence-corrected chi connectivity index (χ2v) is 2.11. The van der Waals surface area contributed by atoms with Crippen LogP contribution in [-0.4, -0.2) is 10.2 Å². The number of nitrogens with one attached hydrogen (secondary N) is 1. The fourth-order valence-electron chi connectivity index (χ4n) is 0.798. The maximum absolute atomic E-state index is 8.29. The largest absolute Gasteiger partial charge is 0.398 e. The Bertz CT molecular complexity index is 315. The van der Waals surface area contributed by atoms with Gasteiger partial charge < -0.3 is 5.73 Å². The van der Waals surface area contributed by atoms with Gasteiger partial charge in [-0.25, -0.2) is 0 Å². The predicted octanol–water partition coefficient (Wildman–Crippen LogP) is 0.541. The van der Waals surface area contributed by atoms with Crippen LogP contribution in [0, 0.1) is 18.3 Å². The van der Waals surface area contributed by atoms with Gasteiger partial charge >= 0.3 is 0 Å². The van der Waals surface area contributed by atoms with E-state index in [0.717, 1.165) is 11.3 Å². The Balaban J connectivity index is 3.04. The van der Waals surface area contributed by atoms with Crippen LogP contribution >= 0.6 is 0 Å². The topological polar surface area (TPSA) is 78.5 Å². The standard InChI is InChI=1S/C7H8N4/c1-5-6(4-10-11-5)7(9)2-3-8/h2,4H,9H2,1H3,(H,10,11). The second kappa shape index (κ2) is 2.88. The van der Waals surface area contributed by atoms with Gasteiger partial charge in [0, 0.05) is 17.8 Å². The highest BCUT2D eigenvalue weighted by molar-refractivity contribution is 5.65. The van der Waals surface area contributed by atoms with Gasteiger partial charge in [0.15, 0.2) is 0 Å². The number of nitrogens with zero attached hydrogens (tertiary/aromatic N) is 2. The lowest BCUT2D eigenvalue weighted by Gasteiger charge is -1.93. The first-order valence-corrected chi connectivity index (χ1v) is 3.11. The van der Waals surface area contributed by atoms with Gasteiger partial charge in [0.2, 0.25) is 0 Å². The summed E-state index contributed by atoms with van der Waals surface area (Å²) in [7, 11) is 0. The van der Waals surface area contributed by atoms with Crippen molar-refractivity contribution < 1.29 is 0 Å². The zero-order chi connectivity index (χ0) is 8.27. The normalized spacial score (nSPS) is 11.1. The van der Waals surface area contributed by atoms with E-state index >= 15 is 0 Å². The van der Waals surface area contributed by atoms with Crippen LogP contribution in [0.1, 0.15) is 11.3 Å². The van der Waals surface area contributed by atoms with Crippen molar-refractivity contribution in [3.05, 3.63) is 23.5 Å². The van der Waals surface area contributed by atoms with Crippen LogP contribution in [0.3, 0.4) is 0 Å². The fourth-order valence-corrected chi connectivity index (χ4v) is 0.798. The number of allylic oxidation sites excluding steroid dienone is 1. The summed E-state index contributed by atoms with van der Waals surface area (Å²) in [6.07, 6.45) is 2.95. The summed E-state index contributed by atoms with van der Waals surface area (Å²) in [4.78, 5) is 0. The number of hydrogen-bond donors (Lipinski definition) is 2. The highest BCUT2D eigenvalue weighted by Gasteiger charge is 2.01. The third-order valence-corrected chi connectivity index (χ3v) is 1.36. The van der Waals surface area contributed by atoms with Gasteiger partial charge in [-0.05, 0) is 6.92 Å². The zero-order valence-electron chi connectivity index (χ0n) is 6.13. The van der Waals surface area contributed by atoms with Crippen molar-refractivity contribution in [3.8, 4) is 6.07 Å². The molecule has 0 atom stereocenters. The molecular weight excluding hydrogens is 140 g/mol. The maximum Gasteiger partial charge on any atom is 0.0933 e. The molecule has 0 saturated carbocycles. The highest BCUT2D eigenvalue weighted by atomic mass is 15.1. The van der Waals surface area contributed by atoms with Gasteiger partial charge in [0.05, 0.1) is 17.5 Å². The number of H-pyrrole nitrogens is 1. The van der Waals surface area contributed by atoms with E-state index in [2.05, 4.69) is 10.2 Å². The lowest BCUT2D eigenvalue weighted by atomic mass is 10.2. The first-order chi connectivity index (χ1) is 5.25. The predicted molar refractivity (Wildman–Crippen MR) is 41.1 cm³/mol. The number of aromatic nitrogens is 2. The van der Waals surface area contributed by atoms with Crippen molar-refractivity contribution in [2.75, 3.05) is 0 Å². The molecule has 3 N–H and O–H groups in total. The minimum absolute atomic E-state index is 0.443. The van der Waals surface area contributed by atoms with Crippen LogP contribution in [0.2, 0.25) is 0 Å². The van der Waals surface area contributed by atoms with Gasteiger partial charge in [0.1, 0.15) is 0 Å². The van der Waals surface area contributed by atoms with Crippen LogP contribution in [-0.2, 0) is 0 Å². The number of aryl methyl sites for hydroxylation is 1. The fraction of sp³-hybridized carbons (Fsp3) is 0.143. The average molecular weight is 148 g/mol. The molecule has 0 aromatic carbocycles. The Morgan fingerprint density at radius 3 is 3.09 bits per heavy atom. The van der Waals surface area contributed by atoms with Gasteiger partial charge in [-0.3, -0.25) is 5.10 Å². The molecule has 1 heterocycles. The molecule has 0 spiro atoms. The van der Waals surface area contributed by atoms with Crippen LogP contribution in [0.5, 0.6) is 0 Å². The Morgan fingerprint density at radius 1 is 1.91 bits per heavy atom. The number of nitriles is 1. The van der Waals surface area contributed by atoms with E-state index in [1.165, 1.54) is 6.08 Å². The van der Waals surface area contributed by atoms with Crippen molar-refractivity contribution in [2.24, 2.45) is 5.73 Å². The zero-order valence-corrected chi connectivity index (χ0v) is 6.13. The van der Waals surface area contributed by atoms with Gasteiger partial charge in [0.25, 0.3) is 0 Å². The summed E-state index contributed by atoms with van der Waals surface area (Å²) < 4.78 is 0. The Hall–Kier alpha value is -1.76. The quantitative estimate of drug-likeness (QED) is 0.570. The molecule has 1 aromatic heterocycles. The number of hydrogen-bond acceptors (Lipinski definition) is 3. The second-order valence-electron chi connectivity index (χ2n) is 2.11. The Morgan fingerprint density at radius 2 is 2.64 bits per heavy atom. The molecule has 0 unspecified atom stereocenters. The molecule has 1 rings (SSSR count). The van der Waals surface area contributed by atoms with Crippen molar-refractivity contribution in [1.82, 2.24) is 10.2 Å². The van der Waals surface area contributed by atoms with Crippen LogP contribution in [0.15, 0.2) is 12.3 Å². The summed E-state index contributed by atoms with van der Waals surface area (Å²) in [6, 6.07) is 1.85. The molecule has 11 heavy (non-hydrogen) atoms. The van der Waals surface area contributed by atoms with E-state index in [1.54, 1.807) is 6.20 Å². The Kier molecular flexibility index (Phi) is 1.93. The molecule has 0 aliphatic carbocycles. The molecular formula is C7H8N4. The molecule has 0 aliphatic heterocycles. The molecule has 0 bridgehead atoms. The molecule has 0 radical (unpaired) electrons. The number of aromatic amines is 1. The van der Waals surface area contributed by atoms with Gasteiger partial charge in [-0.1, -0.05) is 0 Å². The van der Waals surface area contributed by atoms with Gasteiger partial charge in [-0.2, -0.15) is 10.4 Å². The number of nitrogens with two attached hydrogens (primary N) is 1. The molecule has 0 fully saturated rings. The first kappa shape index (κ1) is 7.35. The first-order valence-electron chi connectivity index (χ1n) is 3.11. The summed E-state index contributed by atoms with van der Waals surface area (Å²) >= 11 is 0. The van der Waals surface area contributed by atoms with E-state index in [9.17, 15) is 0 Å². The van der Waals surface area contributed by atoms with Gasteiger partial charge in [-0.15, -0.1) is 0 Å². The van der Waals surface area contributed by atoms with Crippen molar-refractivity contribution in [3.63, 3.8) is 0 Å². The van der Waals surface area contributed by atoms with E-state index < -0.39 is 0 Å². The van der Waals surface area contributed by atoms with Crippen LogP contribution in [0.25, 0.3) is 5.70 Å². The third-order valence-electron chi connectivity index (χ3n) is 1.36. The van der Waals surface area contributed by atoms with E-state index in [-0.39, 0.29) is 0 Å².